The van der Waals surface area contributed by atoms with Crippen LogP contribution in [-0.4, -0.2) is 30.3 Å². The number of nitrogens with zero attached hydrogens (tertiary/aromatic N) is 2. The summed E-state index contributed by atoms with van der Waals surface area (Å²) in [6.45, 7) is 4.09. The fourth-order valence-corrected chi connectivity index (χ4v) is 1.33. The SMILES string of the molecule is CC(C)C(=O)[C@H](CCCN=C(N)N)N=C(N)N. The number of aliphatic imine (C=N–C) groups is 2. The van der Waals surface area contributed by atoms with Crippen molar-refractivity contribution in [2.45, 2.75) is 32.7 Å². The maximum atomic E-state index is 11.8. The number of hydrogen-bond donors (Lipinski definition) is 4. The highest BCUT2D eigenvalue weighted by molar-refractivity contribution is 5.88. The van der Waals surface area contributed by atoms with Gasteiger partial charge < -0.3 is 22.9 Å². The van der Waals surface area contributed by atoms with Gasteiger partial charge in [-0.1, -0.05) is 13.8 Å². The van der Waals surface area contributed by atoms with E-state index in [0.717, 1.165) is 0 Å². The molecule has 0 bridgehead atoms. The first-order chi connectivity index (χ1) is 7.84. The lowest BCUT2D eigenvalue weighted by Crippen LogP contribution is -2.31. The Balaban J connectivity index is 4.36. The van der Waals surface area contributed by atoms with Gasteiger partial charge in [-0.05, 0) is 12.8 Å². The molecule has 0 aromatic carbocycles. The largest absolute Gasteiger partial charge is 0.370 e. The average molecular weight is 242 g/mol. The van der Waals surface area contributed by atoms with Crippen LogP contribution in [0.5, 0.6) is 0 Å². The Kier molecular flexibility index (Phi) is 6.69. The van der Waals surface area contributed by atoms with Crippen LogP contribution >= 0.6 is 0 Å². The molecule has 0 unspecified atom stereocenters. The predicted octanol–water partition coefficient (Wildman–Crippen LogP) is -1.09. The lowest BCUT2D eigenvalue weighted by atomic mass is 9.98. The lowest BCUT2D eigenvalue weighted by Gasteiger charge is -2.13. The molecule has 98 valence electrons. The van der Waals surface area contributed by atoms with Crippen LogP contribution in [0.15, 0.2) is 9.98 Å². The zero-order valence-corrected chi connectivity index (χ0v) is 10.4. The van der Waals surface area contributed by atoms with Gasteiger partial charge in [-0.15, -0.1) is 0 Å². The van der Waals surface area contributed by atoms with E-state index >= 15 is 0 Å². The number of carbonyl (C=O) groups excluding carboxylic acids is 1. The smallest absolute Gasteiger partial charge is 0.186 e. The minimum absolute atomic E-state index is 0.0168. The standard InChI is InChI=1S/C10H22N6O/c1-6(2)8(17)7(16-10(13)14)4-3-5-15-9(11)12/h6-7H,3-5H2,1-2H3,(H4,11,12,15)(H4,13,14,16)/t7-/m0/s1. The molecular formula is C10H22N6O. The average Bonchev–Trinajstić information content (AvgIpc) is 2.20. The third-order valence-corrected chi connectivity index (χ3v) is 2.13. The normalized spacial score (nSPS) is 11.9. The van der Waals surface area contributed by atoms with Crippen LogP contribution in [0.2, 0.25) is 0 Å². The van der Waals surface area contributed by atoms with Crippen molar-refractivity contribution in [3.63, 3.8) is 0 Å². The van der Waals surface area contributed by atoms with Gasteiger partial charge in [-0.3, -0.25) is 9.79 Å². The number of rotatable bonds is 7. The van der Waals surface area contributed by atoms with E-state index in [-0.39, 0.29) is 23.6 Å². The first-order valence-corrected chi connectivity index (χ1v) is 5.52. The molecule has 7 nitrogen and oxygen atoms in total. The summed E-state index contributed by atoms with van der Waals surface area (Å²) >= 11 is 0. The van der Waals surface area contributed by atoms with E-state index < -0.39 is 6.04 Å². The first kappa shape index (κ1) is 15.2. The number of Topliss-reactive ketones (excluding diaryl/α,β-unsaturated/α-hetero) is 1. The van der Waals surface area contributed by atoms with Crippen molar-refractivity contribution in [3.8, 4) is 0 Å². The minimum Gasteiger partial charge on any atom is -0.370 e. The molecule has 0 saturated carbocycles. The lowest BCUT2D eigenvalue weighted by molar-refractivity contribution is -0.123. The van der Waals surface area contributed by atoms with E-state index in [0.29, 0.717) is 19.4 Å². The third-order valence-electron chi connectivity index (χ3n) is 2.13. The van der Waals surface area contributed by atoms with Crippen molar-refractivity contribution >= 4 is 17.7 Å². The van der Waals surface area contributed by atoms with Gasteiger partial charge in [0.05, 0.1) is 0 Å². The monoisotopic (exact) mass is 242 g/mol. The first-order valence-electron chi connectivity index (χ1n) is 5.52. The van der Waals surface area contributed by atoms with Gasteiger partial charge in [-0.2, -0.15) is 0 Å². The van der Waals surface area contributed by atoms with Crippen molar-refractivity contribution in [3.05, 3.63) is 0 Å². The Hall–Kier alpha value is -1.79. The number of ketones is 1. The number of carbonyl (C=O) groups is 1. The molecule has 0 saturated heterocycles. The fourth-order valence-electron chi connectivity index (χ4n) is 1.33. The quantitative estimate of drug-likeness (QED) is 0.254. The van der Waals surface area contributed by atoms with Crippen LogP contribution in [0.1, 0.15) is 26.7 Å². The molecule has 0 aromatic heterocycles. The summed E-state index contributed by atoms with van der Waals surface area (Å²) in [4.78, 5) is 19.6. The van der Waals surface area contributed by atoms with Crippen LogP contribution < -0.4 is 22.9 Å². The zero-order chi connectivity index (χ0) is 13.4. The van der Waals surface area contributed by atoms with Crippen LogP contribution in [0.3, 0.4) is 0 Å². The van der Waals surface area contributed by atoms with Crippen molar-refractivity contribution < 1.29 is 4.79 Å². The number of nitrogens with two attached hydrogens (primary N) is 4. The van der Waals surface area contributed by atoms with E-state index in [1.54, 1.807) is 0 Å². The Morgan fingerprint density at radius 2 is 1.71 bits per heavy atom. The van der Waals surface area contributed by atoms with Crippen molar-refractivity contribution in [2.75, 3.05) is 6.54 Å². The molecule has 0 heterocycles. The molecule has 0 aliphatic carbocycles. The maximum Gasteiger partial charge on any atom is 0.186 e. The van der Waals surface area contributed by atoms with Crippen molar-refractivity contribution in [1.82, 2.24) is 0 Å². The Morgan fingerprint density at radius 3 is 2.12 bits per heavy atom. The fraction of sp³-hybridized carbons (Fsp3) is 0.700. The second-order valence-electron chi connectivity index (χ2n) is 4.08. The van der Waals surface area contributed by atoms with Crippen LogP contribution in [0.4, 0.5) is 0 Å². The van der Waals surface area contributed by atoms with Crippen LogP contribution in [0.25, 0.3) is 0 Å². The molecule has 1 atom stereocenters. The van der Waals surface area contributed by atoms with Gasteiger partial charge in [0.15, 0.2) is 17.7 Å². The van der Waals surface area contributed by atoms with Crippen molar-refractivity contribution in [1.29, 1.82) is 0 Å². The summed E-state index contributed by atoms with van der Waals surface area (Å²) in [5.41, 5.74) is 21.0. The Morgan fingerprint density at radius 1 is 1.12 bits per heavy atom. The van der Waals surface area contributed by atoms with E-state index in [2.05, 4.69) is 9.98 Å². The second kappa shape index (κ2) is 7.48. The molecule has 0 aliphatic rings. The Labute approximate surface area is 101 Å². The summed E-state index contributed by atoms with van der Waals surface area (Å²) in [5.74, 6) is -0.126. The molecule has 0 spiro atoms. The van der Waals surface area contributed by atoms with E-state index in [4.69, 9.17) is 22.9 Å². The molecule has 0 fully saturated rings. The van der Waals surface area contributed by atoms with Gasteiger partial charge in [0, 0.05) is 12.5 Å². The van der Waals surface area contributed by atoms with Gasteiger partial charge in [0.2, 0.25) is 0 Å². The van der Waals surface area contributed by atoms with E-state index in [1.165, 1.54) is 0 Å². The molecule has 0 rings (SSSR count). The molecule has 0 aromatic rings. The highest BCUT2D eigenvalue weighted by Gasteiger charge is 2.20. The van der Waals surface area contributed by atoms with Gasteiger partial charge in [0.1, 0.15) is 6.04 Å². The summed E-state index contributed by atoms with van der Waals surface area (Å²) in [7, 11) is 0. The predicted molar refractivity (Wildman–Crippen MR) is 69.4 cm³/mol. The Bertz CT molecular complexity index is 302. The molecule has 0 aliphatic heterocycles. The van der Waals surface area contributed by atoms with Gasteiger partial charge in [-0.25, -0.2) is 4.99 Å². The molecule has 17 heavy (non-hydrogen) atoms. The second-order valence-corrected chi connectivity index (χ2v) is 4.08. The number of guanidine groups is 2. The topological polar surface area (TPSA) is 146 Å². The summed E-state index contributed by atoms with van der Waals surface area (Å²) in [5, 5.41) is 0. The van der Waals surface area contributed by atoms with E-state index in [1.807, 2.05) is 13.8 Å². The van der Waals surface area contributed by atoms with Crippen LogP contribution in [0, 0.1) is 5.92 Å². The highest BCUT2D eigenvalue weighted by Crippen LogP contribution is 2.09. The molecule has 0 radical (unpaired) electrons. The van der Waals surface area contributed by atoms with Gasteiger partial charge in [0.25, 0.3) is 0 Å². The highest BCUT2D eigenvalue weighted by atomic mass is 16.1. The molecular weight excluding hydrogens is 220 g/mol. The molecule has 8 N–H and O–H groups in total. The third kappa shape index (κ3) is 7.15. The summed E-state index contributed by atoms with van der Waals surface area (Å²) in [6.07, 6.45) is 1.18. The minimum atomic E-state index is -0.505. The maximum absolute atomic E-state index is 11.8. The molecule has 0 amide bonds. The zero-order valence-electron chi connectivity index (χ0n) is 10.4. The summed E-state index contributed by atoms with van der Waals surface area (Å²) < 4.78 is 0. The van der Waals surface area contributed by atoms with Crippen molar-refractivity contribution in [2.24, 2.45) is 38.8 Å². The summed E-state index contributed by atoms with van der Waals surface area (Å²) in [6, 6.07) is -0.505. The van der Waals surface area contributed by atoms with E-state index in [9.17, 15) is 4.79 Å². The van der Waals surface area contributed by atoms with Gasteiger partial charge >= 0.3 is 0 Å². The molecule has 7 heteroatoms. The number of hydrogen-bond acceptors (Lipinski definition) is 3. The van der Waals surface area contributed by atoms with Crippen LogP contribution in [-0.2, 0) is 4.79 Å².